The van der Waals surface area contributed by atoms with Crippen LogP contribution in [0.1, 0.15) is 12.5 Å². The van der Waals surface area contributed by atoms with Crippen LogP contribution in [0.2, 0.25) is 0 Å². The first-order chi connectivity index (χ1) is 8.68. The smallest absolute Gasteiger partial charge is 0.178 e. The van der Waals surface area contributed by atoms with Crippen molar-refractivity contribution >= 4 is 22.2 Å². The summed E-state index contributed by atoms with van der Waals surface area (Å²) in [7, 11) is 0. The van der Waals surface area contributed by atoms with E-state index in [1.807, 2.05) is 36.4 Å². The first kappa shape index (κ1) is 11.0. The Morgan fingerprint density at radius 2 is 2.00 bits per heavy atom. The molecule has 0 saturated heterocycles. The van der Waals surface area contributed by atoms with Crippen LogP contribution >= 0.6 is 0 Å². The highest BCUT2D eigenvalue weighted by molar-refractivity contribution is 5.99. The zero-order valence-electron chi connectivity index (χ0n) is 10.1. The summed E-state index contributed by atoms with van der Waals surface area (Å²) in [6.45, 7) is 1.46. The number of allylic oxidation sites excluding steroid dienone is 2. The molecule has 3 nitrogen and oxygen atoms in total. The van der Waals surface area contributed by atoms with E-state index < -0.39 is 0 Å². The average molecular weight is 239 g/mol. The maximum absolute atomic E-state index is 11.4. The first-order valence-electron chi connectivity index (χ1n) is 5.89. The molecule has 2 aromatic rings. The second-order valence-corrected chi connectivity index (χ2v) is 4.45. The Morgan fingerprint density at radius 3 is 2.78 bits per heavy atom. The summed E-state index contributed by atoms with van der Waals surface area (Å²) in [4.78, 5) is 11.4. The van der Waals surface area contributed by atoms with E-state index in [0.29, 0.717) is 17.8 Å². The van der Waals surface area contributed by atoms with Crippen LogP contribution in [0.3, 0.4) is 0 Å². The lowest BCUT2D eigenvalue weighted by Crippen LogP contribution is -2.26. The molecule has 0 radical (unpaired) electrons. The molecule has 0 spiro atoms. The van der Waals surface area contributed by atoms with Gasteiger partial charge in [0.2, 0.25) is 0 Å². The van der Waals surface area contributed by atoms with Crippen molar-refractivity contribution in [1.29, 1.82) is 0 Å². The van der Waals surface area contributed by atoms with E-state index in [9.17, 15) is 10.0 Å². The molecule has 1 heterocycles. The van der Waals surface area contributed by atoms with Crippen LogP contribution < -0.4 is 5.06 Å². The second-order valence-electron chi connectivity index (χ2n) is 4.45. The van der Waals surface area contributed by atoms with Crippen molar-refractivity contribution in [3.8, 4) is 0 Å². The van der Waals surface area contributed by atoms with Gasteiger partial charge in [-0.3, -0.25) is 10.0 Å². The molecule has 0 amide bonds. The fourth-order valence-corrected chi connectivity index (χ4v) is 2.45. The summed E-state index contributed by atoms with van der Waals surface area (Å²) < 4.78 is 0. The van der Waals surface area contributed by atoms with Crippen LogP contribution in [0.25, 0.3) is 10.8 Å². The third-order valence-corrected chi connectivity index (χ3v) is 3.33. The Labute approximate surface area is 105 Å². The minimum Gasteiger partial charge on any atom is -0.293 e. The van der Waals surface area contributed by atoms with E-state index in [1.54, 1.807) is 6.08 Å². The second kappa shape index (κ2) is 3.96. The summed E-state index contributed by atoms with van der Waals surface area (Å²) in [6, 6.07) is 11.9. The van der Waals surface area contributed by atoms with Crippen molar-refractivity contribution in [2.75, 3.05) is 5.06 Å². The van der Waals surface area contributed by atoms with Crippen molar-refractivity contribution in [2.45, 2.75) is 13.3 Å². The van der Waals surface area contributed by atoms with E-state index in [1.165, 1.54) is 6.92 Å². The van der Waals surface area contributed by atoms with Crippen LogP contribution in [0.4, 0.5) is 5.69 Å². The van der Waals surface area contributed by atoms with E-state index in [-0.39, 0.29) is 5.78 Å². The predicted molar refractivity (Wildman–Crippen MR) is 70.7 cm³/mol. The molecule has 0 aliphatic carbocycles. The van der Waals surface area contributed by atoms with Crippen LogP contribution in [0, 0.1) is 0 Å². The summed E-state index contributed by atoms with van der Waals surface area (Å²) in [5.74, 6) is -0.128. The molecule has 0 saturated carbocycles. The summed E-state index contributed by atoms with van der Waals surface area (Å²) >= 11 is 0. The Bertz CT molecular complexity index is 673. The molecule has 2 aromatic carbocycles. The number of fused-ring (bicyclic) bond motifs is 3. The maximum atomic E-state index is 11.4. The molecule has 0 bridgehead atoms. The summed E-state index contributed by atoms with van der Waals surface area (Å²) in [5.41, 5.74) is 2.10. The number of rotatable bonds is 1. The van der Waals surface area contributed by atoms with Gasteiger partial charge in [-0.25, -0.2) is 5.06 Å². The van der Waals surface area contributed by atoms with Crippen LogP contribution in [0.5, 0.6) is 0 Å². The van der Waals surface area contributed by atoms with Gasteiger partial charge in [0.05, 0.1) is 5.69 Å². The zero-order valence-corrected chi connectivity index (χ0v) is 10.1. The first-order valence-corrected chi connectivity index (χ1v) is 5.89. The Kier molecular flexibility index (Phi) is 2.42. The number of anilines is 1. The third kappa shape index (κ3) is 1.52. The maximum Gasteiger partial charge on any atom is 0.178 e. The highest BCUT2D eigenvalue weighted by atomic mass is 16.5. The van der Waals surface area contributed by atoms with Crippen molar-refractivity contribution in [3.63, 3.8) is 0 Å². The minimum atomic E-state index is -0.128. The SMILES string of the molecule is CC(=O)C1=CCc2c(ccc3ccccc23)N1O. The van der Waals surface area contributed by atoms with E-state index >= 15 is 0 Å². The molecule has 18 heavy (non-hydrogen) atoms. The fourth-order valence-electron chi connectivity index (χ4n) is 2.45. The van der Waals surface area contributed by atoms with E-state index in [4.69, 9.17) is 0 Å². The lowest BCUT2D eigenvalue weighted by atomic mass is 9.96. The Balaban J connectivity index is 2.22. The number of hydroxylamine groups is 1. The lowest BCUT2D eigenvalue weighted by molar-refractivity contribution is -0.114. The number of nitrogens with zero attached hydrogens (tertiary/aromatic N) is 1. The van der Waals surface area contributed by atoms with Gasteiger partial charge in [-0.15, -0.1) is 0 Å². The quantitative estimate of drug-likeness (QED) is 0.831. The highest BCUT2D eigenvalue weighted by Crippen LogP contribution is 2.34. The summed E-state index contributed by atoms with van der Waals surface area (Å²) in [5, 5.41) is 13.4. The minimum absolute atomic E-state index is 0.128. The highest BCUT2D eigenvalue weighted by Gasteiger charge is 2.22. The lowest BCUT2D eigenvalue weighted by Gasteiger charge is -2.26. The predicted octanol–water partition coefficient (Wildman–Crippen LogP) is 3.06. The number of benzene rings is 2. The van der Waals surface area contributed by atoms with Gasteiger partial charge in [-0.2, -0.15) is 0 Å². The molecule has 0 unspecified atom stereocenters. The van der Waals surface area contributed by atoms with E-state index in [2.05, 4.69) is 0 Å². The topological polar surface area (TPSA) is 40.5 Å². The van der Waals surface area contributed by atoms with Crippen LogP contribution in [-0.4, -0.2) is 11.0 Å². The number of ketones is 1. The normalized spacial score (nSPS) is 14.3. The van der Waals surface area contributed by atoms with Gasteiger partial charge in [-0.05, 0) is 28.8 Å². The van der Waals surface area contributed by atoms with Gasteiger partial charge in [0.25, 0.3) is 0 Å². The van der Waals surface area contributed by atoms with Gasteiger partial charge in [0.15, 0.2) is 5.78 Å². The van der Waals surface area contributed by atoms with Gasteiger partial charge in [0, 0.05) is 6.92 Å². The monoisotopic (exact) mass is 239 g/mol. The van der Waals surface area contributed by atoms with Crippen molar-refractivity contribution in [2.24, 2.45) is 0 Å². The standard InChI is InChI=1S/C15H13NO2/c1-10(17)14-9-7-13-12-5-3-2-4-11(12)6-8-15(13)16(14)18/h2-6,8-9,18H,7H2,1H3. The van der Waals surface area contributed by atoms with Crippen LogP contribution in [-0.2, 0) is 11.2 Å². The molecule has 90 valence electrons. The van der Waals surface area contributed by atoms with Crippen LogP contribution in [0.15, 0.2) is 48.2 Å². The van der Waals surface area contributed by atoms with Gasteiger partial charge < -0.3 is 0 Å². The van der Waals surface area contributed by atoms with Crippen molar-refractivity contribution in [1.82, 2.24) is 0 Å². The Morgan fingerprint density at radius 1 is 1.22 bits per heavy atom. The van der Waals surface area contributed by atoms with Gasteiger partial charge >= 0.3 is 0 Å². The van der Waals surface area contributed by atoms with Crippen molar-refractivity contribution in [3.05, 3.63) is 53.7 Å². The Hall–Kier alpha value is -2.13. The number of Topliss-reactive ketones (excluding diaryl/α,β-unsaturated/α-hetero) is 1. The number of carbonyl (C=O) groups is 1. The largest absolute Gasteiger partial charge is 0.293 e. The van der Waals surface area contributed by atoms with E-state index in [0.717, 1.165) is 21.4 Å². The number of carbonyl (C=O) groups excluding carboxylic acids is 1. The molecule has 0 fully saturated rings. The molecule has 3 heteroatoms. The zero-order chi connectivity index (χ0) is 12.7. The number of hydrogen-bond acceptors (Lipinski definition) is 3. The fraction of sp³-hybridized carbons (Fsp3) is 0.133. The molecule has 0 atom stereocenters. The molecule has 1 aliphatic heterocycles. The molecular weight excluding hydrogens is 226 g/mol. The van der Waals surface area contributed by atoms with Crippen molar-refractivity contribution < 1.29 is 10.0 Å². The summed E-state index contributed by atoms with van der Waals surface area (Å²) in [6.07, 6.45) is 2.44. The molecule has 1 N–H and O–H groups in total. The third-order valence-electron chi connectivity index (χ3n) is 3.33. The molecule has 3 rings (SSSR count). The molecular formula is C15H13NO2. The van der Waals surface area contributed by atoms with Gasteiger partial charge in [0.1, 0.15) is 5.70 Å². The average Bonchev–Trinajstić information content (AvgIpc) is 2.38. The number of hydrogen-bond donors (Lipinski definition) is 1. The van der Waals surface area contributed by atoms with Gasteiger partial charge in [-0.1, -0.05) is 36.4 Å². The molecule has 1 aliphatic rings. The molecule has 0 aromatic heterocycles.